The molecular formula is C6H9BrO2S2. The van der Waals surface area contributed by atoms with Crippen LogP contribution >= 0.6 is 39.5 Å². The van der Waals surface area contributed by atoms with E-state index in [-0.39, 0.29) is 11.4 Å². The van der Waals surface area contributed by atoms with E-state index in [0.717, 1.165) is 11.5 Å². The molecular weight excluding hydrogens is 248 g/mol. The topological polar surface area (TPSA) is 26.3 Å². The standard InChI is InChI=1S/C6H9BrO2S2/c7-3-5(8)9-6-4-10-1-2-11-6/h6H,1-4H2. The van der Waals surface area contributed by atoms with Crippen molar-refractivity contribution in [2.45, 2.75) is 5.44 Å². The summed E-state index contributed by atoms with van der Waals surface area (Å²) in [6, 6.07) is 0. The normalized spacial score (nSPS) is 24.6. The molecule has 1 rings (SSSR count). The first-order chi connectivity index (χ1) is 5.33. The van der Waals surface area contributed by atoms with E-state index in [2.05, 4.69) is 15.9 Å². The summed E-state index contributed by atoms with van der Waals surface area (Å²) in [5.41, 5.74) is 0.0822. The predicted molar refractivity (Wildman–Crippen MR) is 53.5 cm³/mol. The number of hydrogen-bond donors (Lipinski definition) is 0. The van der Waals surface area contributed by atoms with Crippen LogP contribution in [0.3, 0.4) is 0 Å². The average molecular weight is 257 g/mol. The Hall–Kier alpha value is 0.650. The lowest BCUT2D eigenvalue weighted by atomic mass is 10.7. The van der Waals surface area contributed by atoms with Gasteiger partial charge >= 0.3 is 5.97 Å². The van der Waals surface area contributed by atoms with Gasteiger partial charge in [-0.15, -0.1) is 11.8 Å². The molecule has 11 heavy (non-hydrogen) atoms. The highest BCUT2D eigenvalue weighted by atomic mass is 79.9. The molecule has 64 valence electrons. The van der Waals surface area contributed by atoms with E-state index in [1.807, 2.05) is 11.8 Å². The fraction of sp³-hybridized carbons (Fsp3) is 0.833. The second-order valence-electron chi connectivity index (χ2n) is 2.00. The second-order valence-corrected chi connectivity index (χ2v) is 4.98. The first kappa shape index (κ1) is 9.74. The third-order valence-electron chi connectivity index (χ3n) is 1.16. The van der Waals surface area contributed by atoms with E-state index < -0.39 is 0 Å². The van der Waals surface area contributed by atoms with Crippen LogP contribution in [0.15, 0.2) is 0 Å². The van der Waals surface area contributed by atoms with Crippen LogP contribution in [-0.2, 0) is 9.53 Å². The maximum Gasteiger partial charge on any atom is 0.317 e. The molecule has 5 heteroatoms. The first-order valence-electron chi connectivity index (χ1n) is 3.27. The van der Waals surface area contributed by atoms with Gasteiger partial charge in [0.25, 0.3) is 0 Å². The number of hydrogen-bond acceptors (Lipinski definition) is 4. The molecule has 0 spiro atoms. The van der Waals surface area contributed by atoms with E-state index in [1.54, 1.807) is 11.8 Å². The Morgan fingerprint density at radius 3 is 3.00 bits per heavy atom. The van der Waals surface area contributed by atoms with Gasteiger partial charge in [0.15, 0.2) is 5.44 Å². The van der Waals surface area contributed by atoms with E-state index in [9.17, 15) is 4.79 Å². The van der Waals surface area contributed by atoms with Crippen LogP contribution in [0.4, 0.5) is 0 Å². The highest BCUT2D eigenvalue weighted by Crippen LogP contribution is 2.24. The number of carbonyl (C=O) groups is 1. The van der Waals surface area contributed by atoms with E-state index in [4.69, 9.17) is 4.74 Å². The quantitative estimate of drug-likeness (QED) is 0.556. The molecule has 1 aliphatic heterocycles. The summed E-state index contributed by atoms with van der Waals surface area (Å²) in [4.78, 5) is 10.8. The van der Waals surface area contributed by atoms with Gasteiger partial charge in [0, 0.05) is 17.3 Å². The maximum absolute atomic E-state index is 10.8. The van der Waals surface area contributed by atoms with E-state index in [1.165, 1.54) is 5.75 Å². The van der Waals surface area contributed by atoms with Crippen LogP contribution in [0.25, 0.3) is 0 Å². The SMILES string of the molecule is O=C(CBr)OC1CSCCS1. The van der Waals surface area contributed by atoms with Crippen molar-refractivity contribution in [1.82, 2.24) is 0 Å². The number of ether oxygens (including phenoxy) is 1. The summed E-state index contributed by atoms with van der Waals surface area (Å²) < 4.78 is 5.10. The summed E-state index contributed by atoms with van der Waals surface area (Å²) in [6.45, 7) is 0. The predicted octanol–water partition coefficient (Wildman–Crippen LogP) is 1.73. The Kier molecular flexibility index (Phi) is 4.71. The number of carbonyl (C=O) groups excluding carboxylic acids is 1. The van der Waals surface area contributed by atoms with Crippen molar-refractivity contribution >= 4 is 45.4 Å². The number of halogens is 1. The van der Waals surface area contributed by atoms with Crippen molar-refractivity contribution in [3.63, 3.8) is 0 Å². The lowest BCUT2D eigenvalue weighted by Crippen LogP contribution is -2.21. The molecule has 1 saturated heterocycles. The third-order valence-corrected chi connectivity index (χ3v) is 4.19. The molecule has 0 N–H and O–H groups in total. The minimum atomic E-state index is -0.162. The van der Waals surface area contributed by atoms with Crippen molar-refractivity contribution in [3.05, 3.63) is 0 Å². The Morgan fingerprint density at radius 1 is 1.64 bits per heavy atom. The van der Waals surface area contributed by atoms with Crippen LogP contribution in [-0.4, -0.2) is 34.0 Å². The molecule has 1 unspecified atom stereocenters. The summed E-state index contributed by atoms with van der Waals surface area (Å²) >= 11 is 6.62. The van der Waals surface area contributed by atoms with Gasteiger partial charge in [-0.25, -0.2) is 0 Å². The Labute approximate surface area is 82.9 Å². The first-order valence-corrected chi connectivity index (χ1v) is 6.60. The third kappa shape index (κ3) is 3.71. The van der Waals surface area contributed by atoms with Gasteiger partial charge in [-0.2, -0.15) is 11.8 Å². The molecule has 0 bridgehead atoms. The highest BCUT2D eigenvalue weighted by Gasteiger charge is 2.17. The molecule has 0 radical (unpaired) electrons. The Morgan fingerprint density at radius 2 is 2.45 bits per heavy atom. The van der Waals surface area contributed by atoms with E-state index in [0.29, 0.717) is 5.33 Å². The Balaban J connectivity index is 2.19. The lowest BCUT2D eigenvalue weighted by Gasteiger charge is -2.20. The number of esters is 1. The molecule has 0 amide bonds. The van der Waals surface area contributed by atoms with E-state index >= 15 is 0 Å². The molecule has 1 heterocycles. The summed E-state index contributed by atoms with van der Waals surface area (Å²) in [5, 5.41) is 0.300. The van der Waals surface area contributed by atoms with Gasteiger partial charge in [0.2, 0.25) is 0 Å². The largest absolute Gasteiger partial charge is 0.450 e. The van der Waals surface area contributed by atoms with Gasteiger partial charge in [0.05, 0.1) is 0 Å². The average Bonchev–Trinajstić information content (AvgIpc) is 2.06. The van der Waals surface area contributed by atoms with Crippen LogP contribution in [0.2, 0.25) is 0 Å². The van der Waals surface area contributed by atoms with Gasteiger partial charge in [0.1, 0.15) is 5.33 Å². The zero-order valence-corrected chi connectivity index (χ0v) is 9.14. The highest BCUT2D eigenvalue weighted by molar-refractivity contribution is 9.09. The smallest absolute Gasteiger partial charge is 0.317 e. The maximum atomic E-state index is 10.8. The summed E-state index contributed by atoms with van der Waals surface area (Å²) in [5.74, 6) is 3.03. The van der Waals surface area contributed by atoms with Crippen molar-refractivity contribution in [2.75, 3.05) is 22.6 Å². The molecule has 1 aliphatic rings. The fourth-order valence-electron chi connectivity index (χ4n) is 0.712. The molecule has 0 aromatic rings. The van der Waals surface area contributed by atoms with Crippen LogP contribution in [0, 0.1) is 0 Å². The zero-order chi connectivity index (χ0) is 8.10. The molecule has 0 aromatic carbocycles. The second kappa shape index (κ2) is 5.32. The number of thioether (sulfide) groups is 2. The summed E-state index contributed by atoms with van der Waals surface area (Å²) in [6.07, 6.45) is 0. The van der Waals surface area contributed by atoms with Crippen LogP contribution in [0.5, 0.6) is 0 Å². The molecule has 0 aliphatic carbocycles. The minimum Gasteiger partial charge on any atom is -0.450 e. The monoisotopic (exact) mass is 256 g/mol. The molecule has 1 atom stereocenters. The molecule has 0 aromatic heterocycles. The van der Waals surface area contributed by atoms with Crippen molar-refractivity contribution in [3.8, 4) is 0 Å². The van der Waals surface area contributed by atoms with Gasteiger partial charge in [-0.05, 0) is 0 Å². The number of rotatable bonds is 2. The van der Waals surface area contributed by atoms with Gasteiger partial charge in [-0.3, -0.25) is 4.79 Å². The van der Waals surface area contributed by atoms with Crippen molar-refractivity contribution in [1.29, 1.82) is 0 Å². The van der Waals surface area contributed by atoms with Crippen LogP contribution in [0.1, 0.15) is 0 Å². The number of alkyl halides is 1. The summed E-state index contributed by atoms with van der Waals surface area (Å²) in [7, 11) is 0. The molecule has 2 nitrogen and oxygen atoms in total. The van der Waals surface area contributed by atoms with Crippen molar-refractivity contribution < 1.29 is 9.53 Å². The molecule has 0 saturated carbocycles. The molecule has 1 fully saturated rings. The van der Waals surface area contributed by atoms with Gasteiger partial charge in [-0.1, -0.05) is 15.9 Å². The fourth-order valence-corrected chi connectivity index (χ4v) is 3.24. The lowest BCUT2D eigenvalue weighted by molar-refractivity contribution is -0.141. The zero-order valence-electron chi connectivity index (χ0n) is 5.92. The van der Waals surface area contributed by atoms with Crippen molar-refractivity contribution in [2.24, 2.45) is 0 Å². The minimum absolute atomic E-state index is 0.0822. The van der Waals surface area contributed by atoms with Gasteiger partial charge < -0.3 is 4.74 Å². The van der Waals surface area contributed by atoms with Crippen LogP contribution < -0.4 is 0 Å². The Bertz CT molecular complexity index is 137.